The van der Waals surface area contributed by atoms with E-state index in [0.717, 1.165) is 0 Å². The molecule has 0 saturated carbocycles. The van der Waals surface area contributed by atoms with Gasteiger partial charge in [-0.2, -0.15) is 118 Å². The number of ether oxygens (including phenoxy) is 7. The van der Waals surface area contributed by atoms with Gasteiger partial charge >= 0.3 is 146 Å². The van der Waals surface area contributed by atoms with Gasteiger partial charge in [0.2, 0.25) is 0 Å². The molecule has 0 radical (unpaired) electrons. The topological polar surface area (TPSA) is 955 Å². The first-order valence-corrected chi connectivity index (χ1v) is 42.4. The maximum absolute atomic E-state index is 12.8. The van der Waals surface area contributed by atoms with Crippen LogP contribution >= 0.6 is 0 Å². The van der Waals surface area contributed by atoms with Crippen LogP contribution in [0.5, 0.6) is 0 Å². The quantitative estimate of drug-likeness (QED) is 0.0255. The molecule has 0 bridgehead atoms. The van der Waals surface area contributed by atoms with Gasteiger partial charge in [-0.3, -0.25) is 63.7 Å². The fourth-order valence-electron chi connectivity index (χ4n) is 8.36. The molecule has 0 aromatic heterocycles. The standard InChI is InChI=1S/C24H42O63S14/c25-88(26,27)68-2-6-9(13(80-94(43,44)45)18(85-99(58,59)60)23(73-6)76-24-20(87-101(64,65)66)16(83-97(52,53)54)12(79-93(40,41)42)8(74-24)4-70-90(31,32)33)75-22-19(86-100(61,62)63)15(82-96(49,50)51)10(77-91(34,35)36)5(72-22)1-67-21-17(84-98(55,56)57)14(81-95(46,47)48)11(78-92(37,38)39)7(71-21)3-69-89(28,29)30/h5-24H,1-4H2,(H,25,26,27)(H,28,29,30)(H,31,32,33)(H,34,35,36)(H,37,38,39)(H,40,41,42)(H,43,44,45)(H,46,47,48)(H,49,50,51)(H,52,53,54)(H,55,56,57)(H,58,59,60)(H,61,62,63)(H,64,65,66)/t5-,6-,7-,8-,9-,10-,11+,12-,13+,14+,15+,16+,17-,18-,19-,20-,21+,22+,23-,24-/m1/s1. The van der Waals surface area contributed by atoms with Crippen LogP contribution in [0.1, 0.15) is 0 Å². The monoisotopic (exact) mass is 1790 g/mol. The third kappa shape index (κ3) is 33.5. The van der Waals surface area contributed by atoms with E-state index >= 15 is 0 Å². The van der Waals surface area contributed by atoms with Gasteiger partial charge in [0.1, 0.15) is 73.2 Å². The lowest BCUT2D eigenvalue weighted by Gasteiger charge is -2.49. The molecule has 4 rings (SSSR count). The van der Waals surface area contributed by atoms with Gasteiger partial charge in [0, 0.05) is 0 Å². The summed E-state index contributed by atoms with van der Waals surface area (Å²) in [6.45, 7) is -9.13. The Labute approximate surface area is 564 Å². The molecule has 20 atom stereocenters. The second-order valence-electron chi connectivity index (χ2n) is 18.3. The van der Waals surface area contributed by atoms with E-state index in [4.69, 9.17) is 33.2 Å². The van der Waals surface area contributed by atoms with Crippen molar-refractivity contribution in [1.82, 2.24) is 0 Å². The summed E-state index contributed by atoms with van der Waals surface area (Å²) in [4.78, 5) is 0. The average molecular weight is 1790 g/mol. The third-order valence-corrected chi connectivity index (χ3v) is 17.5. The molecule has 4 fully saturated rings. The normalized spacial score (nSPS) is 32.5. The molecule has 4 aliphatic rings. The van der Waals surface area contributed by atoms with Crippen LogP contribution in [0.3, 0.4) is 0 Å². The van der Waals surface area contributed by atoms with Gasteiger partial charge in [-0.15, -0.1) is 0 Å². The lowest BCUT2D eigenvalue weighted by molar-refractivity contribution is -0.383. The number of rotatable bonds is 38. The molecule has 0 unspecified atom stereocenters. The van der Waals surface area contributed by atoms with Crippen molar-refractivity contribution in [3.63, 3.8) is 0 Å². The van der Waals surface area contributed by atoms with Crippen molar-refractivity contribution < 1.29 is 273 Å². The maximum Gasteiger partial charge on any atom is 0.397 e. The van der Waals surface area contributed by atoms with E-state index in [1.54, 1.807) is 0 Å². The van der Waals surface area contributed by atoms with Crippen LogP contribution in [0, 0.1) is 0 Å². The third-order valence-electron chi connectivity index (χ3n) is 11.1. The van der Waals surface area contributed by atoms with Crippen LogP contribution in [0.2, 0.25) is 0 Å². The van der Waals surface area contributed by atoms with Gasteiger partial charge in [0.05, 0.1) is 26.4 Å². The predicted octanol–water partition coefficient (Wildman–Crippen LogP) is -12.2. The number of hydrogen-bond acceptors (Lipinski definition) is 49. The molecule has 77 heteroatoms. The van der Waals surface area contributed by atoms with Gasteiger partial charge in [-0.25, -0.2) is 58.6 Å². The SMILES string of the molecule is O=S(=O)(O)OC[C@H]1O[C@H](OC[C@H]2O[C@@H](O[C@H]3[C@H](OS(=O)(=O)O)[C@@H](OS(=O)(=O)O)[C@@H](O[C@H]4O[C@H](COS(=O)(=O)O)[C@@H](OS(=O)(=O)O)[C@H](OS(=O)(=O)O)[C@H]4OS(=O)(=O)O)O[C@@H]3COS(=O)(=O)O)[C@H](OS(=O)(=O)O)[C@@H](OS(=O)(=O)O)[C@@H]2OS(=O)(=O)O)[C@H](OS(=O)(=O)O)[C@@H](OS(=O)(=O)O)[C@H]1OS(=O)(=O)O. The lowest BCUT2D eigenvalue weighted by Crippen LogP contribution is -2.68. The van der Waals surface area contributed by atoms with E-state index < -0.39 is 295 Å². The Morgan fingerprint density at radius 1 is 0.188 bits per heavy atom. The Morgan fingerprint density at radius 2 is 0.356 bits per heavy atom. The van der Waals surface area contributed by atoms with Crippen molar-refractivity contribution >= 4 is 146 Å². The highest BCUT2D eigenvalue weighted by Gasteiger charge is 2.62. The molecule has 101 heavy (non-hydrogen) atoms. The molecular weight excluding hydrogens is 1750 g/mol. The summed E-state index contributed by atoms with van der Waals surface area (Å²) in [5.41, 5.74) is 0. The molecule has 63 nitrogen and oxygen atoms in total. The van der Waals surface area contributed by atoms with Crippen molar-refractivity contribution in [3.8, 4) is 0 Å². The predicted molar refractivity (Wildman–Crippen MR) is 280 cm³/mol. The number of hydrogen-bond donors (Lipinski definition) is 14. The summed E-state index contributed by atoms with van der Waals surface area (Å²) in [6, 6.07) is 0. The minimum absolute atomic E-state index is 2.12. The van der Waals surface area contributed by atoms with Crippen molar-refractivity contribution in [3.05, 3.63) is 0 Å². The largest absolute Gasteiger partial charge is 0.397 e. The van der Waals surface area contributed by atoms with Gasteiger partial charge in [-0.1, -0.05) is 0 Å². The summed E-state index contributed by atoms with van der Waals surface area (Å²) >= 11 is 0. The zero-order valence-electron chi connectivity index (χ0n) is 46.4. The van der Waals surface area contributed by atoms with Crippen LogP contribution in [-0.2, 0) is 237 Å². The van der Waals surface area contributed by atoms with E-state index in [1.807, 2.05) is 0 Å². The molecule has 0 aliphatic carbocycles. The molecule has 14 N–H and O–H groups in total. The summed E-state index contributed by atoms with van der Waals surface area (Å²) < 4.78 is 571. The van der Waals surface area contributed by atoms with Crippen molar-refractivity contribution in [2.75, 3.05) is 26.4 Å². The minimum Gasteiger partial charge on any atom is -0.347 e. The summed E-state index contributed by atoms with van der Waals surface area (Å²) in [6.07, 6.45) is -72.8. The van der Waals surface area contributed by atoms with Crippen molar-refractivity contribution in [2.24, 2.45) is 0 Å². The Bertz CT molecular complexity index is 4610. The molecular formula is C24H42O63S14. The highest BCUT2D eigenvalue weighted by Crippen LogP contribution is 2.41. The smallest absolute Gasteiger partial charge is 0.347 e. The first kappa shape index (κ1) is 91.3. The maximum atomic E-state index is 12.8. The van der Waals surface area contributed by atoms with Crippen molar-refractivity contribution in [1.29, 1.82) is 0 Å². The summed E-state index contributed by atoms with van der Waals surface area (Å²) in [5, 5.41) is 0. The first-order valence-electron chi connectivity index (χ1n) is 23.3. The zero-order valence-corrected chi connectivity index (χ0v) is 57.8. The van der Waals surface area contributed by atoms with E-state index in [9.17, 15) is 182 Å². The van der Waals surface area contributed by atoms with E-state index in [1.165, 1.54) is 0 Å². The molecule has 4 aliphatic heterocycles. The molecule has 4 heterocycles. The minimum atomic E-state index is -6.81. The highest BCUT2D eigenvalue weighted by molar-refractivity contribution is 7.84. The van der Waals surface area contributed by atoms with E-state index in [-0.39, 0.29) is 0 Å². The van der Waals surface area contributed by atoms with Crippen LogP contribution in [0.4, 0.5) is 0 Å². The van der Waals surface area contributed by atoms with Crippen LogP contribution in [-0.4, -0.2) is 331 Å². The summed E-state index contributed by atoms with van der Waals surface area (Å²) in [7, 11) is -90.3. The second kappa shape index (κ2) is 33.0. The van der Waals surface area contributed by atoms with Gasteiger partial charge < -0.3 is 33.2 Å². The molecule has 0 aromatic carbocycles. The summed E-state index contributed by atoms with van der Waals surface area (Å²) in [5.74, 6) is 0. The van der Waals surface area contributed by atoms with E-state index in [2.05, 4.69) is 58.6 Å². The Morgan fingerprint density at radius 3 is 0.584 bits per heavy atom. The fourth-order valence-corrected chi connectivity index (χ4v) is 14.7. The molecule has 4 saturated heterocycles. The Kier molecular flexibility index (Phi) is 29.8. The van der Waals surface area contributed by atoms with Crippen LogP contribution < -0.4 is 0 Å². The van der Waals surface area contributed by atoms with Gasteiger partial charge in [0.15, 0.2) is 49.6 Å². The molecule has 0 spiro atoms. The van der Waals surface area contributed by atoms with Crippen molar-refractivity contribution in [2.45, 2.75) is 123 Å². The molecule has 600 valence electrons. The van der Waals surface area contributed by atoms with Gasteiger partial charge in [-0.05, 0) is 0 Å². The molecule has 0 aromatic rings. The average Bonchev–Trinajstić information content (AvgIpc) is 0.763. The second-order valence-corrected chi connectivity index (χ2v) is 33.1. The van der Waals surface area contributed by atoms with Crippen LogP contribution in [0.15, 0.2) is 0 Å². The fraction of sp³-hybridized carbons (Fsp3) is 1.00. The first-order chi connectivity index (χ1) is 44.7. The highest BCUT2D eigenvalue weighted by atomic mass is 32.3. The Hall–Kier alpha value is -2.10. The Balaban J connectivity index is 2.16. The lowest BCUT2D eigenvalue weighted by atomic mass is 9.96. The van der Waals surface area contributed by atoms with Crippen LogP contribution in [0.25, 0.3) is 0 Å². The molecule has 0 amide bonds. The zero-order chi connectivity index (χ0) is 78.2. The van der Waals surface area contributed by atoms with E-state index in [0.29, 0.717) is 0 Å². The van der Waals surface area contributed by atoms with Gasteiger partial charge in [0.25, 0.3) is 0 Å².